The van der Waals surface area contributed by atoms with Gasteiger partial charge in [0.15, 0.2) is 0 Å². The second-order valence-electron chi connectivity index (χ2n) is 19.3. The minimum atomic E-state index is -0.198. The molecule has 16 rings (SSSR count). The van der Waals surface area contributed by atoms with Crippen LogP contribution >= 0.6 is 0 Å². The summed E-state index contributed by atoms with van der Waals surface area (Å²) in [5, 5.41) is 10.4. The van der Waals surface area contributed by atoms with E-state index in [4.69, 9.17) is 14.7 Å². The third kappa shape index (κ3) is 4.78. The van der Waals surface area contributed by atoms with Gasteiger partial charge in [-0.3, -0.25) is 8.97 Å². The van der Waals surface area contributed by atoms with Crippen molar-refractivity contribution >= 4 is 104 Å². The zero-order chi connectivity index (χ0) is 46.0. The predicted molar refractivity (Wildman–Crippen MR) is 287 cm³/mol. The van der Waals surface area contributed by atoms with E-state index >= 15 is 0 Å². The summed E-state index contributed by atoms with van der Waals surface area (Å²) in [4.78, 5) is 10.5. The molecular weight excluding hydrogens is 857 g/mol. The zero-order valence-corrected chi connectivity index (χ0v) is 38.2. The molecule has 0 N–H and O–H groups in total. The van der Waals surface area contributed by atoms with Crippen molar-refractivity contribution in [3.05, 3.63) is 218 Å². The summed E-state index contributed by atoms with van der Waals surface area (Å²) in [6.07, 6.45) is 1.90. The van der Waals surface area contributed by atoms with Gasteiger partial charge in [-0.1, -0.05) is 123 Å². The first-order chi connectivity index (χ1) is 34.5. The number of para-hydroxylation sites is 7. The van der Waals surface area contributed by atoms with Crippen LogP contribution in [-0.4, -0.2) is 28.1 Å². The molecule has 1 aliphatic heterocycles. The van der Waals surface area contributed by atoms with Crippen molar-refractivity contribution in [3.63, 3.8) is 0 Å². The number of ether oxygens (including phenoxy) is 1. The van der Waals surface area contributed by atoms with Crippen molar-refractivity contribution < 1.29 is 4.74 Å². The van der Waals surface area contributed by atoms with Crippen LogP contribution in [0.2, 0.25) is 0 Å². The number of hydrogen-bond donors (Lipinski definition) is 0. The number of pyridine rings is 2. The fourth-order valence-corrected chi connectivity index (χ4v) is 12.4. The van der Waals surface area contributed by atoms with Gasteiger partial charge in [0, 0.05) is 77.7 Å². The molecule has 0 aliphatic carbocycles. The molecule has 0 radical (unpaired) electrons. The topological polar surface area (TPSA) is 54.2 Å². The smallest absolute Gasteiger partial charge is 0.146 e. The Labute approximate surface area is 400 Å². The van der Waals surface area contributed by atoms with Crippen molar-refractivity contribution in [3.8, 4) is 28.7 Å². The Morgan fingerprint density at radius 2 is 0.971 bits per heavy atom. The van der Waals surface area contributed by atoms with Crippen molar-refractivity contribution in [2.75, 3.05) is 0 Å². The first-order valence-corrected chi connectivity index (χ1v) is 24.0. The van der Waals surface area contributed by atoms with Crippen LogP contribution in [0.5, 0.6) is 11.5 Å². The minimum Gasteiger partial charge on any atom is -0.457 e. The summed E-state index contributed by atoms with van der Waals surface area (Å²) in [6, 6.07) is 72.0. The predicted octanol–water partition coefficient (Wildman–Crippen LogP) is 15.9. The summed E-state index contributed by atoms with van der Waals surface area (Å²) in [5.41, 5.74) is 15.4. The fraction of sp³-hybridized carbons (Fsp3) is 0.0476. The molecule has 0 spiro atoms. The molecule has 15 aromatic rings. The number of nitrogens with zero attached hydrogens (tertiary/aromatic N) is 6. The Kier molecular flexibility index (Phi) is 7.29. The van der Waals surface area contributed by atoms with Crippen LogP contribution in [0.15, 0.2) is 206 Å². The molecule has 0 unspecified atom stereocenters. The second kappa shape index (κ2) is 13.5. The fourth-order valence-electron chi connectivity index (χ4n) is 12.4. The Hall–Kier alpha value is -9.20. The monoisotopic (exact) mass is 896 g/mol. The lowest BCUT2D eigenvalue weighted by Crippen LogP contribution is -2.26. The zero-order valence-electron chi connectivity index (χ0n) is 38.2. The second-order valence-corrected chi connectivity index (χ2v) is 19.3. The maximum atomic E-state index is 7.03. The van der Waals surface area contributed by atoms with Gasteiger partial charge in [-0.2, -0.15) is 0 Å². The lowest BCUT2D eigenvalue weighted by atomic mass is 9.76. The molecular formula is C63H40N6O. The molecule has 70 heavy (non-hydrogen) atoms. The maximum Gasteiger partial charge on any atom is 0.146 e. The lowest BCUT2D eigenvalue weighted by molar-refractivity contribution is 0.484. The Bertz CT molecular complexity index is 4760. The average Bonchev–Trinajstić information content (AvgIpc) is 4.16. The third-order valence-corrected chi connectivity index (χ3v) is 15.4. The lowest BCUT2D eigenvalue weighted by Gasteiger charge is -2.33. The van der Waals surface area contributed by atoms with Crippen molar-refractivity contribution in [2.45, 2.75) is 19.3 Å². The molecule has 9 aromatic carbocycles. The van der Waals surface area contributed by atoms with Crippen LogP contribution in [0.3, 0.4) is 0 Å². The Morgan fingerprint density at radius 3 is 1.69 bits per heavy atom. The van der Waals surface area contributed by atoms with Crippen LogP contribution in [0, 0.1) is 0 Å². The molecule has 0 saturated heterocycles. The van der Waals surface area contributed by atoms with E-state index in [0.29, 0.717) is 0 Å². The highest BCUT2D eigenvalue weighted by molar-refractivity contribution is 6.40. The average molecular weight is 897 g/mol. The molecule has 7 heteroatoms. The van der Waals surface area contributed by atoms with E-state index in [0.717, 1.165) is 89.1 Å². The van der Waals surface area contributed by atoms with Gasteiger partial charge < -0.3 is 13.9 Å². The summed E-state index contributed by atoms with van der Waals surface area (Å²) >= 11 is 0. The number of rotatable bonds is 4. The van der Waals surface area contributed by atoms with Gasteiger partial charge in [-0.15, -0.1) is 0 Å². The van der Waals surface area contributed by atoms with Crippen LogP contribution < -0.4 is 4.74 Å². The molecule has 0 amide bonds. The van der Waals surface area contributed by atoms with Crippen LogP contribution in [0.4, 0.5) is 0 Å². The number of hydrogen-bond acceptors (Lipinski definition) is 3. The molecule has 0 bridgehead atoms. The summed E-state index contributed by atoms with van der Waals surface area (Å²) < 4.78 is 16.8. The number of aromatic nitrogens is 6. The summed E-state index contributed by atoms with van der Waals surface area (Å²) in [6.45, 7) is 4.61. The van der Waals surface area contributed by atoms with E-state index in [1.54, 1.807) is 0 Å². The van der Waals surface area contributed by atoms with Gasteiger partial charge in [0.1, 0.15) is 23.0 Å². The summed E-state index contributed by atoms with van der Waals surface area (Å²) in [7, 11) is 0. The normalized spacial score (nSPS) is 13.4. The van der Waals surface area contributed by atoms with Gasteiger partial charge in [0.2, 0.25) is 0 Å². The van der Waals surface area contributed by atoms with Crippen molar-refractivity contribution in [1.29, 1.82) is 0 Å². The van der Waals surface area contributed by atoms with Crippen LogP contribution in [0.1, 0.15) is 25.0 Å². The Balaban J connectivity index is 1.04. The molecule has 0 fully saturated rings. The quantitative estimate of drug-likeness (QED) is 0.165. The molecule has 328 valence electrons. The first kappa shape index (κ1) is 37.8. The molecule has 7 nitrogen and oxygen atoms in total. The standard InChI is InChI=1S/C63H40N6O/c1-63(2)47-24-15-23-43-41-32-30-40(36-53(41)69(57(43)47)62-48(63)25-16-34-64-62)70-39-31-33-42-46(35-39)61-65-49-26-11-14-29-52(49)68(61)60-54(42)58-55(44-21-9-12-27-50(44)66(58)37-17-5-3-6-18-37)59-56(60)45-22-10-13-28-51(45)67(59)38-19-7-4-8-20-38/h3-36H,1-2H3. The van der Waals surface area contributed by atoms with Gasteiger partial charge in [0.05, 0.1) is 49.7 Å². The van der Waals surface area contributed by atoms with E-state index in [9.17, 15) is 0 Å². The van der Waals surface area contributed by atoms with Crippen molar-refractivity contribution in [2.24, 2.45) is 0 Å². The SMILES string of the molecule is CC1(C)c2cccnc2-n2c3cc(Oc4ccc5c(c4)c4nc6ccccc6n4c4c5c5c(c6ccccc6n5-c5ccccc5)c5c4c4ccccc4n5-c4ccccc4)ccc3c3cccc1c32. The van der Waals surface area contributed by atoms with Gasteiger partial charge in [-0.05, 0) is 95.9 Å². The number of imidazole rings is 1. The van der Waals surface area contributed by atoms with Crippen LogP contribution in [0.25, 0.3) is 121 Å². The van der Waals surface area contributed by atoms with E-state index in [-0.39, 0.29) is 5.41 Å². The van der Waals surface area contributed by atoms with E-state index in [2.05, 4.69) is 226 Å². The van der Waals surface area contributed by atoms with E-state index < -0.39 is 0 Å². The minimum absolute atomic E-state index is 0.198. The van der Waals surface area contributed by atoms with E-state index in [1.165, 1.54) is 54.5 Å². The largest absolute Gasteiger partial charge is 0.457 e. The molecule has 6 aromatic heterocycles. The molecule has 0 atom stereocenters. The van der Waals surface area contributed by atoms with Gasteiger partial charge in [0.25, 0.3) is 0 Å². The van der Waals surface area contributed by atoms with Gasteiger partial charge >= 0.3 is 0 Å². The highest BCUT2D eigenvalue weighted by atomic mass is 16.5. The highest BCUT2D eigenvalue weighted by Crippen LogP contribution is 2.51. The number of fused-ring (bicyclic) bond motifs is 22. The van der Waals surface area contributed by atoms with E-state index in [1.807, 2.05) is 12.3 Å². The molecule has 7 heterocycles. The molecule has 0 saturated carbocycles. The summed E-state index contributed by atoms with van der Waals surface area (Å²) in [5.74, 6) is 2.45. The van der Waals surface area contributed by atoms with Crippen molar-refractivity contribution in [1.82, 2.24) is 28.1 Å². The first-order valence-electron chi connectivity index (χ1n) is 24.0. The third-order valence-electron chi connectivity index (χ3n) is 15.4. The molecule has 1 aliphatic rings. The van der Waals surface area contributed by atoms with Gasteiger partial charge in [-0.25, -0.2) is 9.97 Å². The maximum absolute atomic E-state index is 7.03. The Morgan fingerprint density at radius 1 is 0.400 bits per heavy atom. The van der Waals surface area contributed by atoms with Crippen LogP contribution in [-0.2, 0) is 5.41 Å². The highest BCUT2D eigenvalue weighted by Gasteiger charge is 2.36. The number of benzene rings is 9.